The maximum Gasteiger partial charge on any atom is 0.191 e. The van der Waals surface area contributed by atoms with E-state index in [0.717, 1.165) is 24.0 Å². The average molecular weight is 347 g/mol. The molecular weight excluding hydrogens is 322 g/mol. The lowest BCUT2D eigenvalue weighted by molar-refractivity contribution is 0.321. The van der Waals surface area contributed by atoms with Gasteiger partial charge in [0, 0.05) is 16.3 Å². The zero-order valence-electron chi connectivity index (χ0n) is 14.5. The van der Waals surface area contributed by atoms with E-state index in [1.54, 1.807) is 18.4 Å². The minimum absolute atomic E-state index is 0.564. The lowest BCUT2D eigenvalue weighted by Gasteiger charge is -2.12. The van der Waals surface area contributed by atoms with E-state index in [9.17, 15) is 0 Å². The second kappa shape index (κ2) is 9.82. The predicted octanol–water partition coefficient (Wildman–Crippen LogP) is 3.20. The molecule has 2 aromatic rings. The first-order chi connectivity index (χ1) is 11.7. The first-order valence-electron chi connectivity index (χ1n) is 8.05. The van der Waals surface area contributed by atoms with Gasteiger partial charge < -0.3 is 20.1 Å². The molecule has 0 fully saturated rings. The minimum atomic E-state index is 0.564. The highest BCUT2D eigenvalue weighted by atomic mass is 32.1. The lowest BCUT2D eigenvalue weighted by Crippen LogP contribution is -2.39. The maximum absolute atomic E-state index is 5.70. The van der Waals surface area contributed by atoms with E-state index in [1.807, 2.05) is 24.3 Å². The Balaban J connectivity index is 1.75. The zero-order chi connectivity index (χ0) is 17.2. The van der Waals surface area contributed by atoms with Crippen LogP contribution < -0.4 is 20.1 Å². The van der Waals surface area contributed by atoms with Crippen molar-refractivity contribution in [3.8, 4) is 11.5 Å². The van der Waals surface area contributed by atoms with Crippen LogP contribution in [-0.2, 0) is 6.54 Å². The molecule has 2 N–H and O–H groups in total. The summed E-state index contributed by atoms with van der Waals surface area (Å²) in [5.41, 5.74) is 0. The number of aryl methyl sites for hydroxylation is 1. The Morgan fingerprint density at radius 1 is 1.08 bits per heavy atom. The van der Waals surface area contributed by atoms with Crippen molar-refractivity contribution in [3.63, 3.8) is 0 Å². The Morgan fingerprint density at radius 3 is 2.46 bits per heavy atom. The first kappa shape index (κ1) is 18.1. The van der Waals surface area contributed by atoms with Gasteiger partial charge in [-0.3, -0.25) is 0 Å². The highest BCUT2D eigenvalue weighted by molar-refractivity contribution is 7.11. The van der Waals surface area contributed by atoms with Crippen molar-refractivity contribution >= 4 is 17.3 Å². The van der Waals surface area contributed by atoms with E-state index in [4.69, 9.17) is 9.47 Å². The highest BCUT2D eigenvalue weighted by Crippen LogP contribution is 2.17. The van der Waals surface area contributed by atoms with Crippen LogP contribution in [0.3, 0.4) is 0 Å². The fraction of sp³-hybridized carbons (Fsp3) is 0.389. The summed E-state index contributed by atoms with van der Waals surface area (Å²) in [5.74, 6) is 2.46. The molecule has 0 aliphatic heterocycles. The molecule has 0 aliphatic rings. The zero-order valence-corrected chi connectivity index (χ0v) is 15.3. The largest absolute Gasteiger partial charge is 0.497 e. The van der Waals surface area contributed by atoms with Crippen LogP contribution in [-0.4, -0.2) is 32.8 Å². The van der Waals surface area contributed by atoms with Crippen molar-refractivity contribution in [2.45, 2.75) is 20.4 Å². The number of nitrogens with zero attached hydrogens (tertiary/aromatic N) is 1. The van der Waals surface area contributed by atoms with Crippen molar-refractivity contribution in [1.82, 2.24) is 10.6 Å². The van der Waals surface area contributed by atoms with Gasteiger partial charge in [0.25, 0.3) is 0 Å². The van der Waals surface area contributed by atoms with Crippen LogP contribution in [0.2, 0.25) is 0 Å². The van der Waals surface area contributed by atoms with Crippen molar-refractivity contribution in [2.75, 3.05) is 26.8 Å². The van der Waals surface area contributed by atoms with E-state index in [1.165, 1.54) is 9.75 Å². The fourth-order valence-corrected chi connectivity index (χ4v) is 2.89. The van der Waals surface area contributed by atoms with Crippen LogP contribution in [0.15, 0.2) is 41.4 Å². The smallest absolute Gasteiger partial charge is 0.191 e. The Hall–Kier alpha value is -2.21. The summed E-state index contributed by atoms with van der Waals surface area (Å²) in [6, 6.07) is 11.8. The molecule has 0 radical (unpaired) electrons. The maximum atomic E-state index is 5.70. The SMILES string of the molecule is CCNC(=NCc1ccc(C)s1)NCCOc1ccc(OC)cc1. The van der Waals surface area contributed by atoms with Crippen molar-refractivity contribution in [1.29, 1.82) is 0 Å². The molecule has 6 heteroatoms. The number of hydrogen-bond donors (Lipinski definition) is 2. The van der Waals surface area contributed by atoms with Crippen molar-refractivity contribution < 1.29 is 9.47 Å². The molecular formula is C18H25N3O2S. The number of ether oxygens (including phenoxy) is 2. The third-order valence-corrected chi connectivity index (χ3v) is 4.24. The number of methoxy groups -OCH3 is 1. The van der Waals surface area contributed by atoms with Crippen LogP contribution in [0, 0.1) is 6.92 Å². The van der Waals surface area contributed by atoms with Gasteiger partial charge in [0.2, 0.25) is 0 Å². The van der Waals surface area contributed by atoms with Gasteiger partial charge in [0.15, 0.2) is 5.96 Å². The molecule has 1 aromatic heterocycles. The summed E-state index contributed by atoms with van der Waals surface area (Å²) >= 11 is 1.78. The second-order valence-corrected chi connectivity index (χ2v) is 6.53. The molecule has 0 amide bonds. The molecule has 0 atom stereocenters. The molecule has 1 aromatic carbocycles. The fourth-order valence-electron chi connectivity index (χ4n) is 2.08. The summed E-state index contributed by atoms with van der Waals surface area (Å²) < 4.78 is 10.8. The van der Waals surface area contributed by atoms with Crippen molar-refractivity contribution in [2.24, 2.45) is 4.99 Å². The van der Waals surface area contributed by atoms with E-state index < -0.39 is 0 Å². The summed E-state index contributed by atoms with van der Waals surface area (Å²) in [5, 5.41) is 6.53. The van der Waals surface area contributed by atoms with Gasteiger partial charge in [-0.15, -0.1) is 11.3 Å². The van der Waals surface area contributed by atoms with Gasteiger partial charge in [-0.05, 0) is 50.2 Å². The molecule has 0 unspecified atom stereocenters. The number of rotatable bonds is 8. The summed E-state index contributed by atoms with van der Waals surface area (Å²) in [6.45, 7) is 6.93. The van der Waals surface area contributed by atoms with Gasteiger partial charge >= 0.3 is 0 Å². The van der Waals surface area contributed by atoms with Crippen LogP contribution in [0.4, 0.5) is 0 Å². The molecule has 0 saturated heterocycles. The molecule has 0 spiro atoms. The third-order valence-electron chi connectivity index (χ3n) is 3.26. The van der Waals surface area contributed by atoms with Crippen LogP contribution in [0.5, 0.6) is 11.5 Å². The highest BCUT2D eigenvalue weighted by Gasteiger charge is 2.00. The van der Waals surface area contributed by atoms with Gasteiger partial charge in [-0.25, -0.2) is 4.99 Å². The van der Waals surface area contributed by atoms with Gasteiger partial charge in [-0.2, -0.15) is 0 Å². The number of thiophene rings is 1. The minimum Gasteiger partial charge on any atom is -0.497 e. The van der Waals surface area contributed by atoms with E-state index in [0.29, 0.717) is 19.7 Å². The molecule has 0 aliphatic carbocycles. The number of hydrogen-bond acceptors (Lipinski definition) is 4. The molecule has 5 nitrogen and oxygen atoms in total. The Morgan fingerprint density at radius 2 is 1.83 bits per heavy atom. The first-order valence-corrected chi connectivity index (χ1v) is 8.87. The van der Waals surface area contributed by atoms with Gasteiger partial charge in [0.1, 0.15) is 18.1 Å². The number of aliphatic imine (C=N–C) groups is 1. The Bertz CT molecular complexity index is 638. The molecule has 0 saturated carbocycles. The van der Waals surface area contributed by atoms with Crippen LogP contribution in [0.25, 0.3) is 0 Å². The van der Waals surface area contributed by atoms with E-state index >= 15 is 0 Å². The number of guanidine groups is 1. The van der Waals surface area contributed by atoms with Crippen LogP contribution >= 0.6 is 11.3 Å². The van der Waals surface area contributed by atoms with Gasteiger partial charge in [0.05, 0.1) is 20.2 Å². The quantitative estimate of drug-likeness (QED) is 0.437. The van der Waals surface area contributed by atoms with Crippen LogP contribution in [0.1, 0.15) is 16.7 Å². The number of benzene rings is 1. The third kappa shape index (κ3) is 6.12. The van der Waals surface area contributed by atoms with Gasteiger partial charge in [-0.1, -0.05) is 0 Å². The summed E-state index contributed by atoms with van der Waals surface area (Å²) in [4.78, 5) is 7.17. The molecule has 0 bridgehead atoms. The predicted molar refractivity (Wildman–Crippen MR) is 100 cm³/mol. The molecule has 2 rings (SSSR count). The Kier molecular flexibility index (Phi) is 7.42. The summed E-state index contributed by atoms with van der Waals surface area (Å²) in [7, 11) is 1.65. The lowest BCUT2D eigenvalue weighted by atomic mass is 10.3. The topological polar surface area (TPSA) is 54.9 Å². The van der Waals surface area contributed by atoms with E-state index in [-0.39, 0.29) is 0 Å². The monoisotopic (exact) mass is 347 g/mol. The molecule has 130 valence electrons. The summed E-state index contributed by atoms with van der Waals surface area (Å²) in [6.07, 6.45) is 0. The normalized spacial score (nSPS) is 11.2. The van der Waals surface area contributed by atoms with E-state index in [2.05, 4.69) is 41.6 Å². The van der Waals surface area contributed by atoms with Crippen molar-refractivity contribution in [3.05, 3.63) is 46.2 Å². The Labute approximate surface area is 147 Å². The average Bonchev–Trinajstić information content (AvgIpc) is 3.02. The molecule has 1 heterocycles. The standard InChI is InChI=1S/C18H25N3O2S/c1-4-19-18(21-13-17-10-5-14(2)24-17)20-11-12-23-16-8-6-15(22-3)7-9-16/h5-10H,4,11-13H2,1-3H3,(H2,19,20,21). The second-order valence-electron chi connectivity index (χ2n) is 5.16. The molecule has 24 heavy (non-hydrogen) atoms. The number of nitrogens with one attached hydrogen (secondary N) is 2.